The van der Waals surface area contributed by atoms with Crippen LogP contribution in [0.4, 0.5) is 5.82 Å². The van der Waals surface area contributed by atoms with Crippen LogP contribution >= 0.6 is 0 Å². The minimum atomic E-state index is -0.128. The maximum atomic E-state index is 9.00. The number of aliphatic hydroxyl groups is 1. The van der Waals surface area contributed by atoms with Gasteiger partial charge < -0.3 is 21.9 Å². The number of aliphatic hydroxyl groups excluding tert-OH is 1. The fourth-order valence-electron chi connectivity index (χ4n) is 1.49. The lowest BCUT2D eigenvalue weighted by atomic mass is 10.1. The van der Waals surface area contributed by atoms with Gasteiger partial charge in [-0.05, 0) is 31.5 Å². The third-order valence-electron chi connectivity index (χ3n) is 2.37. The second-order valence-corrected chi connectivity index (χ2v) is 4.14. The highest BCUT2D eigenvalue weighted by atomic mass is 16.3. The number of hydrogen-bond donors (Lipinski definition) is 5. The van der Waals surface area contributed by atoms with Crippen molar-refractivity contribution in [2.45, 2.75) is 33.7 Å². The molecule has 0 bridgehead atoms. The van der Waals surface area contributed by atoms with Gasteiger partial charge in [0.1, 0.15) is 11.7 Å². The van der Waals surface area contributed by atoms with Crippen molar-refractivity contribution in [1.29, 1.82) is 5.41 Å². The molecule has 1 aromatic heterocycles. The Balaban J connectivity index is 0.00000172. The zero-order valence-electron chi connectivity index (χ0n) is 12.6. The van der Waals surface area contributed by atoms with Crippen molar-refractivity contribution in [2.75, 3.05) is 11.9 Å². The molecule has 7 N–H and O–H groups in total. The van der Waals surface area contributed by atoms with Crippen LogP contribution in [0.2, 0.25) is 0 Å². The Kier molecular flexibility index (Phi) is 8.00. The summed E-state index contributed by atoms with van der Waals surface area (Å²) in [5, 5.41) is 19.5. The number of anilines is 1. The summed E-state index contributed by atoms with van der Waals surface area (Å²) < 4.78 is 0. The standard InChI is InChI=1S/C12H19N5O.C2H6/c1-7-3-10(9(5-13)12(14)15)17-11(4-7)16-8(2)6-18;1-2/h3-5,8,18H,6,13H2,1-2H3,(H3,14,15)(H,16,17);1-2H3/b9-5-;. The first-order valence-electron chi connectivity index (χ1n) is 6.60. The molecule has 112 valence electrons. The van der Waals surface area contributed by atoms with Crippen molar-refractivity contribution in [3.8, 4) is 0 Å². The quantitative estimate of drug-likeness (QED) is 0.412. The molecule has 6 heteroatoms. The van der Waals surface area contributed by atoms with Crippen molar-refractivity contribution >= 4 is 17.2 Å². The molecule has 0 saturated carbocycles. The Morgan fingerprint density at radius 1 is 1.50 bits per heavy atom. The summed E-state index contributed by atoms with van der Waals surface area (Å²) in [6.07, 6.45) is 1.27. The van der Waals surface area contributed by atoms with Gasteiger partial charge in [0, 0.05) is 12.2 Å². The molecule has 1 heterocycles. The van der Waals surface area contributed by atoms with Gasteiger partial charge in [0.15, 0.2) is 0 Å². The lowest BCUT2D eigenvalue weighted by Gasteiger charge is -2.14. The summed E-state index contributed by atoms with van der Waals surface area (Å²) in [5.41, 5.74) is 12.8. The summed E-state index contributed by atoms with van der Waals surface area (Å²) in [6.45, 7) is 7.76. The zero-order valence-corrected chi connectivity index (χ0v) is 12.6. The molecular weight excluding hydrogens is 254 g/mol. The Morgan fingerprint density at radius 3 is 2.55 bits per heavy atom. The average Bonchev–Trinajstić information content (AvgIpc) is 2.40. The fraction of sp³-hybridized carbons (Fsp3) is 0.429. The third kappa shape index (κ3) is 5.27. The van der Waals surface area contributed by atoms with Crippen LogP contribution in [0.3, 0.4) is 0 Å². The van der Waals surface area contributed by atoms with E-state index in [0.717, 1.165) is 5.56 Å². The highest BCUT2D eigenvalue weighted by Gasteiger charge is 2.09. The topological polar surface area (TPSA) is 121 Å². The van der Waals surface area contributed by atoms with Gasteiger partial charge in [-0.25, -0.2) is 4.98 Å². The molecule has 6 nitrogen and oxygen atoms in total. The van der Waals surface area contributed by atoms with Crippen LogP contribution in [0.1, 0.15) is 32.0 Å². The van der Waals surface area contributed by atoms with Gasteiger partial charge in [-0.3, -0.25) is 5.41 Å². The SMILES string of the molecule is CC.Cc1cc(NC(C)CO)nc(/C(=C/N)C(=N)N)c1. The smallest absolute Gasteiger partial charge is 0.127 e. The summed E-state index contributed by atoms with van der Waals surface area (Å²) in [6, 6.07) is 3.55. The molecule has 0 saturated heterocycles. The van der Waals surface area contributed by atoms with E-state index < -0.39 is 0 Å². The second kappa shape index (κ2) is 8.92. The maximum Gasteiger partial charge on any atom is 0.127 e. The first-order valence-corrected chi connectivity index (χ1v) is 6.60. The van der Waals surface area contributed by atoms with Crippen LogP contribution in [0.25, 0.3) is 5.57 Å². The van der Waals surface area contributed by atoms with Crippen LogP contribution < -0.4 is 16.8 Å². The molecule has 0 fully saturated rings. The summed E-state index contributed by atoms with van der Waals surface area (Å²) >= 11 is 0. The first kappa shape index (κ1) is 17.9. The van der Waals surface area contributed by atoms with Gasteiger partial charge in [0.25, 0.3) is 0 Å². The Hall–Kier alpha value is -2.08. The van der Waals surface area contributed by atoms with E-state index in [1.54, 1.807) is 6.07 Å². The molecule has 0 aromatic carbocycles. The van der Waals surface area contributed by atoms with Crippen LogP contribution in [-0.2, 0) is 0 Å². The lowest BCUT2D eigenvalue weighted by molar-refractivity contribution is 0.281. The third-order valence-corrected chi connectivity index (χ3v) is 2.37. The number of nitrogens with two attached hydrogens (primary N) is 2. The Bertz CT molecular complexity index is 471. The van der Waals surface area contributed by atoms with Crippen molar-refractivity contribution in [3.05, 3.63) is 29.6 Å². The zero-order chi connectivity index (χ0) is 15.7. The van der Waals surface area contributed by atoms with Gasteiger partial charge in [-0.1, -0.05) is 13.8 Å². The number of pyridine rings is 1. The van der Waals surface area contributed by atoms with E-state index in [1.165, 1.54) is 6.20 Å². The second-order valence-electron chi connectivity index (χ2n) is 4.14. The van der Waals surface area contributed by atoms with Crippen LogP contribution in [0, 0.1) is 12.3 Å². The van der Waals surface area contributed by atoms with Gasteiger partial charge in [0.2, 0.25) is 0 Å². The number of nitrogens with one attached hydrogen (secondary N) is 2. The molecule has 0 aliphatic carbocycles. The molecule has 1 rings (SSSR count). The molecule has 0 aliphatic heterocycles. The number of aryl methyl sites for hydroxylation is 1. The van der Waals surface area contributed by atoms with Crippen molar-refractivity contribution < 1.29 is 5.11 Å². The summed E-state index contributed by atoms with van der Waals surface area (Å²) in [7, 11) is 0. The first-order chi connectivity index (χ1) is 9.47. The molecule has 0 radical (unpaired) electrons. The molecule has 0 spiro atoms. The highest BCUT2D eigenvalue weighted by Crippen LogP contribution is 2.17. The van der Waals surface area contributed by atoms with Crippen LogP contribution in [0.15, 0.2) is 18.3 Å². The van der Waals surface area contributed by atoms with E-state index in [0.29, 0.717) is 17.1 Å². The predicted octanol–water partition coefficient (Wildman–Crippen LogP) is 1.44. The van der Waals surface area contributed by atoms with Crippen molar-refractivity contribution in [3.63, 3.8) is 0 Å². The van der Waals surface area contributed by atoms with E-state index >= 15 is 0 Å². The monoisotopic (exact) mass is 279 g/mol. The number of nitrogens with zero attached hydrogens (tertiary/aromatic N) is 1. The molecule has 0 amide bonds. The van der Waals surface area contributed by atoms with Crippen molar-refractivity contribution in [1.82, 2.24) is 4.98 Å². The number of rotatable bonds is 5. The molecule has 1 atom stereocenters. The Labute approximate surface area is 120 Å². The van der Waals surface area contributed by atoms with Crippen LogP contribution in [0.5, 0.6) is 0 Å². The fourth-order valence-corrected chi connectivity index (χ4v) is 1.49. The minimum Gasteiger partial charge on any atom is -0.404 e. The maximum absolute atomic E-state index is 9.00. The summed E-state index contributed by atoms with van der Waals surface area (Å²) in [5.74, 6) is 0.490. The van der Waals surface area contributed by atoms with E-state index in [9.17, 15) is 0 Å². The van der Waals surface area contributed by atoms with Gasteiger partial charge in [-0.2, -0.15) is 0 Å². The lowest BCUT2D eigenvalue weighted by Crippen LogP contribution is -2.21. The predicted molar refractivity (Wildman–Crippen MR) is 84.6 cm³/mol. The van der Waals surface area contributed by atoms with Gasteiger partial charge in [0.05, 0.1) is 17.9 Å². The van der Waals surface area contributed by atoms with Gasteiger partial charge >= 0.3 is 0 Å². The molecule has 1 aromatic rings. The molecule has 20 heavy (non-hydrogen) atoms. The molecule has 1 unspecified atom stereocenters. The normalized spacial score (nSPS) is 12.2. The number of aromatic nitrogens is 1. The highest BCUT2D eigenvalue weighted by molar-refractivity contribution is 6.19. The summed E-state index contributed by atoms with van der Waals surface area (Å²) in [4.78, 5) is 4.32. The largest absolute Gasteiger partial charge is 0.404 e. The number of amidine groups is 1. The van der Waals surface area contributed by atoms with E-state index in [4.69, 9.17) is 22.0 Å². The van der Waals surface area contributed by atoms with E-state index in [1.807, 2.05) is 33.8 Å². The average molecular weight is 279 g/mol. The minimum absolute atomic E-state index is 0.0112. The Morgan fingerprint density at radius 2 is 2.10 bits per heavy atom. The number of hydrogen-bond acceptors (Lipinski definition) is 5. The molecule has 0 aliphatic rings. The van der Waals surface area contributed by atoms with Gasteiger partial charge in [-0.15, -0.1) is 0 Å². The molecular formula is C14H25N5O. The van der Waals surface area contributed by atoms with E-state index in [-0.39, 0.29) is 18.5 Å². The van der Waals surface area contributed by atoms with E-state index in [2.05, 4.69) is 10.3 Å². The van der Waals surface area contributed by atoms with Crippen molar-refractivity contribution in [2.24, 2.45) is 11.5 Å². The van der Waals surface area contributed by atoms with Crippen LogP contribution in [-0.4, -0.2) is 28.6 Å².